The molecule has 0 aliphatic rings. The van der Waals surface area contributed by atoms with Crippen molar-refractivity contribution in [3.63, 3.8) is 0 Å². The van der Waals surface area contributed by atoms with Crippen LogP contribution in [0.25, 0.3) is 10.4 Å². The third-order valence-corrected chi connectivity index (χ3v) is 1.56. The van der Waals surface area contributed by atoms with Crippen molar-refractivity contribution in [3.05, 3.63) is 39.8 Å². The van der Waals surface area contributed by atoms with Crippen LogP contribution >= 0.6 is 0 Å². The van der Waals surface area contributed by atoms with E-state index in [9.17, 15) is 5.11 Å². The Morgan fingerprint density at radius 2 is 2.33 bits per heavy atom. The largest absolute Gasteiger partial charge is 0.507 e. The van der Waals surface area contributed by atoms with Gasteiger partial charge < -0.3 is 5.11 Å². The summed E-state index contributed by atoms with van der Waals surface area (Å²) >= 11 is 0. The van der Waals surface area contributed by atoms with Gasteiger partial charge in [0.15, 0.2) is 0 Å². The van der Waals surface area contributed by atoms with Crippen LogP contribution in [0.5, 0.6) is 5.75 Å². The van der Waals surface area contributed by atoms with Crippen LogP contribution in [-0.2, 0) is 0 Å². The maximum Gasteiger partial charge on any atom is 0.134 e. The van der Waals surface area contributed by atoms with Gasteiger partial charge in [-0.25, -0.2) is 0 Å². The van der Waals surface area contributed by atoms with Gasteiger partial charge in [-0.05, 0) is 23.7 Å². The standard InChI is InChI=1S/C10H6N4O/c11-7-9-4-3-8(6-10(9)15)2-1-5-13-14-12/h3-4,6,15H,5H2. The Kier molecular flexibility index (Phi) is 3.61. The first-order valence-electron chi connectivity index (χ1n) is 4.01. The minimum atomic E-state index is -0.104. The van der Waals surface area contributed by atoms with Crippen molar-refractivity contribution in [1.82, 2.24) is 0 Å². The number of aromatic hydroxyl groups is 1. The SMILES string of the molecule is N#Cc1ccc(C#CCN=[N+]=[N-])cc1O. The number of phenolic OH excluding ortho intramolecular Hbond substituents is 1. The van der Waals surface area contributed by atoms with Gasteiger partial charge in [0.05, 0.1) is 12.1 Å². The Labute approximate surface area is 86.2 Å². The van der Waals surface area contributed by atoms with E-state index in [0.29, 0.717) is 5.56 Å². The second kappa shape index (κ2) is 5.18. The molecule has 0 spiro atoms. The highest BCUT2D eigenvalue weighted by molar-refractivity contribution is 5.48. The molecule has 0 saturated carbocycles. The number of rotatable bonds is 1. The summed E-state index contributed by atoms with van der Waals surface area (Å²) < 4.78 is 0. The summed E-state index contributed by atoms with van der Waals surface area (Å²) in [6.45, 7) is 0.0806. The Hall–Kier alpha value is -2.62. The van der Waals surface area contributed by atoms with Crippen molar-refractivity contribution in [1.29, 1.82) is 5.26 Å². The molecular formula is C10H6N4O. The molecule has 15 heavy (non-hydrogen) atoms. The quantitative estimate of drug-likeness (QED) is 0.323. The highest BCUT2D eigenvalue weighted by atomic mass is 16.3. The molecule has 0 aromatic heterocycles. The number of azide groups is 1. The Bertz CT molecular complexity index is 512. The average molecular weight is 198 g/mol. The van der Waals surface area contributed by atoms with Crippen LogP contribution < -0.4 is 0 Å². The fourth-order valence-corrected chi connectivity index (χ4v) is 0.913. The van der Waals surface area contributed by atoms with Crippen molar-refractivity contribution in [2.24, 2.45) is 5.11 Å². The molecule has 0 heterocycles. The molecule has 1 N–H and O–H groups in total. The van der Waals surface area contributed by atoms with Crippen molar-refractivity contribution in [2.45, 2.75) is 0 Å². The van der Waals surface area contributed by atoms with E-state index in [0.717, 1.165) is 0 Å². The smallest absolute Gasteiger partial charge is 0.134 e. The Morgan fingerprint density at radius 1 is 1.53 bits per heavy atom. The van der Waals surface area contributed by atoms with Gasteiger partial charge in [-0.1, -0.05) is 17.0 Å². The molecule has 5 nitrogen and oxygen atoms in total. The van der Waals surface area contributed by atoms with Crippen LogP contribution in [0.1, 0.15) is 11.1 Å². The maximum absolute atomic E-state index is 9.32. The monoisotopic (exact) mass is 198 g/mol. The minimum absolute atomic E-state index is 0.0806. The van der Waals surface area contributed by atoms with Gasteiger partial charge in [-0.15, -0.1) is 0 Å². The van der Waals surface area contributed by atoms with Gasteiger partial charge in [0.25, 0.3) is 0 Å². The topological polar surface area (TPSA) is 92.8 Å². The van der Waals surface area contributed by atoms with Crippen LogP contribution in [0.15, 0.2) is 23.3 Å². The molecule has 5 heteroatoms. The predicted molar refractivity (Wildman–Crippen MR) is 53.7 cm³/mol. The van der Waals surface area contributed by atoms with Crippen molar-refractivity contribution >= 4 is 0 Å². The number of benzene rings is 1. The van der Waals surface area contributed by atoms with E-state index >= 15 is 0 Å². The summed E-state index contributed by atoms with van der Waals surface area (Å²) in [5.74, 6) is 5.19. The summed E-state index contributed by atoms with van der Waals surface area (Å²) in [5, 5.41) is 21.1. The summed E-state index contributed by atoms with van der Waals surface area (Å²) in [6, 6.07) is 6.32. The highest BCUT2D eigenvalue weighted by Crippen LogP contribution is 2.16. The van der Waals surface area contributed by atoms with Crippen LogP contribution in [-0.4, -0.2) is 11.7 Å². The summed E-state index contributed by atoms with van der Waals surface area (Å²) in [7, 11) is 0. The van der Waals surface area contributed by atoms with E-state index < -0.39 is 0 Å². The number of nitrogens with zero attached hydrogens (tertiary/aromatic N) is 4. The van der Waals surface area contributed by atoms with Gasteiger partial charge >= 0.3 is 0 Å². The Balaban J connectivity index is 2.88. The lowest BCUT2D eigenvalue weighted by atomic mass is 10.1. The van der Waals surface area contributed by atoms with E-state index in [1.54, 1.807) is 6.07 Å². The molecule has 0 amide bonds. The minimum Gasteiger partial charge on any atom is -0.507 e. The molecule has 0 unspecified atom stereocenters. The van der Waals surface area contributed by atoms with E-state index in [4.69, 9.17) is 10.8 Å². The van der Waals surface area contributed by atoms with Crippen molar-refractivity contribution in [3.8, 4) is 23.7 Å². The first-order valence-corrected chi connectivity index (χ1v) is 4.01. The molecule has 1 aromatic carbocycles. The van der Waals surface area contributed by atoms with Crippen LogP contribution in [0.2, 0.25) is 0 Å². The highest BCUT2D eigenvalue weighted by Gasteiger charge is 1.98. The third-order valence-electron chi connectivity index (χ3n) is 1.56. The molecule has 0 fully saturated rings. The number of hydrogen-bond donors (Lipinski definition) is 1. The second-order valence-electron chi connectivity index (χ2n) is 2.53. The molecular weight excluding hydrogens is 192 g/mol. The number of phenols is 1. The molecule has 0 atom stereocenters. The third kappa shape index (κ3) is 2.96. The van der Waals surface area contributed by atoms with Crippen molar-refractivity contribution < 1.29 is 5.11 Å². The fraction of sp³-hybridized carbons (Fsp3) is 0.100. The van der Waals surface area contributed by atoms with E-state index in [2.05, 4.69) is 21.9 Å². The summed E-state index contributed by atoms with van der Waals surface area (Å²) in [4.78, 5) is 2.54. The molecule has 0 radical (unpaired) electrons. The first-order chi connectivity index (χ1) is 7.27. The summed E-state index contributed by atoms with van der Waals surface area (Å²) in [6.07, 6.45) is 0. The normalized spacial score (nSPS) is 7.93. The van der Waals surface area contributed by atoms with Gasteiger partial charge in [0, 0.05) is 10.5 Å². The fourth-order valence-electron chi connectivity index (χ4n) is 0.913. The molecule has 72 valence electrons. The van der Waals surface area contributed by atoms with Crippen LogP contribution in [0.3, 0.4) is 0 Å². The van der Waals surface area contributed by atoms with Gasteiger partial charge in [-0.3, -0.25) is 0 Å². The van der Waals surface area contributed by atoms with E-state index in [1.807, 2.05) is 6.07 Å². The molecule has 1 rings (SSSR count). The predicted octanol–water partition coefficient (Wildman–Crippen LogP) is 1.93. The van der Waals surface area contributed by atoms with Gasteiger partial charge in [-0.2, -0.15) is 5.26 Å². The van der Waals surface area contributed by atoms with Crippen LogP contribution in [0, 0.1) is 23.2 Å². The lowest BCUT2D eigenvalue weighted by Gasteiger charge is -1.95. The molecule has 0 aliphatic heterocycles. The zero-order chi connectivity index (χ0) is 11.1. The first kappa shape index (κ1) is 10.5. The molecule has 0 aliphatic carbocycles. The lowest BCUT2D eigenvalue weighted by Crippen LogP contribution is -1.79. The van der Waals surface area contributed by atoms with Gasteiger partial charge in [0.2, 0.25) is 0 Å². The Morgan fingerprint density at radius 3 is 2.93 bits per heavy atom. The zero-order valence-electron chi connectivity index (χ0n) is 7.68. The number of hydrogen-bond acceptors (Lipinski definition) is 3. The van der Waals surface area contributed by atoms with Crippen LogP contribution in [0.4, 0.5) is 0 Å². The van der Waals surface area contributed by atoms with Gasteiger partial charge in [0.1, 0.15) is 11.8 Å². The second-order valence-corrected chi connectivity index (χ2v) is 2.53. The summed E-state index contributed by atoms with van der Waals surface area (Å²) in [5.41, 5.74) is 8.76. The zero-order valence-corrected chi connectivity index (χ0v) is 7.68. The molecule has 1 aromatic rings. The van der Waals surface area contributed by atoms with E-state index in [-0.39, 0.29) is 17.9 Å². The average Bonchev–Trinajstić information content (AvgIpc) is 2.25. The number of nitriles is 1. The maximum atomic E-state index is 9.32. The van der Waals surface area contributed by atoms with Crippen molar-refractivity contribution in [2.75, 3.05) is 6.54 Å². The molecule has 0 bridgehead atoms. The molecule has 0 saturated heterocycles. The lowest BCUT2D eigenvalue weighted by molar-refractivity contribution is 0.473. The van der Waals surface area contributed by atoms with E-state index in [1.165, 1.54) is 12.1 Å².